The van der Waals surface area contributed by atoms with E-state index in [1.807, 2.05) is 80.6 Å². The summed E-state index contributed by atoms with van der Waals surface area (Å²) in [6.45, 7) is 3.83. The number of methoxy groups -OCH3 is 1. The Labute approximate surface area is 354 Å². The number of phenols is 1. The van der Waals surface area contributed by atoms with E-state index in [2.05, 4.69) is 5.32 Å². The van der Waals surface area contributed by atoms with Gasteiger partial charge in [0.15, 0.2) is 0 Å². The molecule has 2 aromatic heterocycles. The van der Waals surface area contributed by atoms with E-state index < -0.39 is 46.8 Å². The molecule has 0 radical (unpaired) electrons. The molecule has 1 saturated carbocycles. The van der Waals surface area contributed by atoms with Crippen LogP contribution in [-0.4, -0.2) is 45.6 Å². The van der Waals surface area contributed by atoms with Crippen LogP contribution >= 0.6 is 22.9 Å². The number of hydrogen-bond donors (Lipinski definition) is 2. The zero-order valence-corrected chi connectivity index (χ0v) is 34.8. The smallest absolute Gasteiger partial charge is 0.242 e. The molecular weight excluding hydrogens is 798 g/mol. The SMILES string of the molecule is COc1cc(O)ccc1[C@H]1C2=CC[C@@H]3C(=O)N(c4ccc(Nc5ccccc5)cc4)C(=O)[C@@H]3[C@@H]2C[C@H]2C(=O)N(c3cc(-c4sc5ccc(Cl)cc5c4C)nn3C)C(=O)[C@@]12C. The lowest BCUT2D eigenvalue weighted by Crippen LogP contribution is -2.49. The van der Waals surface area contributed by atoms with Crippen LogP contribution in [0.25, 0.3) is 20.7 Å². The van der Waals surface area contributed by atoms with Gasteiger partial charge >= 0.3 is 0 Å². The van der Waals surface area contributed by atoms with Gasteiger partial charge in [0.05, 0.1) is 40.8 Å². The number of para-hydroxylation sites is 1. The number of aryl methyl sites for hydroxylation is 2. The highest BCUT2D eigenvalue weighted by molar-refractivity contribution is 7.22. The molecule has 0 unspecified atom stereocenters. The maximum absolute atomic E-state index is 15.3. The van der Waals surface area contributed by atoms with Crippen LogP contribution < -0.4 is 19.9 Å². The summed E-state index contributed by atoms with van der Waals surface area (Å²) in [6, 6.07) is 29.2. The van der Waals surface area contributed by atoms with Gasteiger partial charge < -0.3 is 15.2 Å². The number of nitrogens with zero attached hydrogens (tertiary/aromatic N) is 4. The van der Waals surface area contributed by atoms with Crippen molar-refractivity contribution in [3.05, 3.63) is 125 Å². The molecule has 13 heteroatoms. The molecule has 4 amide bonds. The van der Waals surface area contributed by atoms with Crippen molar-refractivity contribution in [3.63, 3.8) is 0 Å². The van der Waals surface area contributed by atoms with Crippen molar-refractivity contribution in [2.45, 2.75) is 32.6 Å². The number of amides is 4. The summed E-state index contributed by atoms with van der Waals surface area (Å²) in [5.74, 6) is -4.23. The molecule has 3 fully saturated rings. The number of imide groups is 2. The van der Waals surface area contributed by atoms with Crippen LogP contribution in [-0.2, 0) is 26.2 Å². The van der Waals surface area contributed by atoms with E-state index >= 15 is 9.59 Å². The molecule has 6 aromatic rings. The third-order valence-corrected chi connectivity index (χ3v) is 14.7. The number of thiophene rings is 1. The first-order chi connectivity index (χ1) is 28.9. The van der Waals surface area contributed by atoms with Gasteiger partial charge in [0.25, 0.3) is 0 Å². The summed E-state index contributed by atoms with van der Waals surface area (Å²) >= 11 is 7.91. The highest BCUT2D eigenvalue weighted by atomic mass is 35.5. The van der Waals surface area contributed by atoms with Crippen LogP contribution in [0.2, 0.25) is 5.02 Å². The molecule has 60 heavy (non-hydrogen) atoms. The minimum Gasteiger partial charge on any atom is -0.508 e. The number of halogens is 1. The number of aromatic nitrogens is 2. The van der Waals surface area contributed by atoms with Crippen LogP contribution in [0, 0.1) is 36.0 Å². The molecule has 6 atom stereocenters. The summed E-state index contributed by atoms with van der Waals surface area (Å²) in [5.41, 5.74) is 3.91. The lowest BCUT2D eigenvalue weighted by atomic mass is 9.51. The van der Waals surface area contributed by atoms with Crippen LogP contribution in [0.1, 0.15) is 36.8 Å². The van der Waals surface area contributed by atoms with Crippen molar-refractivity contribution in [3.8, 4) is 22.1 Å². The van der Waals surface area contributed by atoms with Crippen molar-refractivity contribution in [2.75, 3.05) is 22.2 Å². The number of carbonyl (C=O) groups excluding carboxylic acids is 4. The Bertz CT molecular complexity index is 2830. The minimum atomic E-state index is -1.32. The van der Waals surface area contributed by atoms with E-state index in [0.717, 1.165) is 37.5 Å². The summed E-state index contributed by atoms with van der Waals surface area (Å²) in [4.78, 5) is 62.7. The maximum atomic E-state index is 15.3. The molecule has 11 nitrogen and oxygen atoms in total. The Morgan fingerprint density at radius 1 is 0.883 bits per heavy atom. The van der Waals surface area contributed by atoms with Gasteiger partial charge in [0.1, 0.15) is 23.0 Å². The first kappa shape index (κ1) is 38.0. The molecule has 4 aliphatic rings. The van der Waals surface area contributed by atoms with Gasteiger partial charge in [-0.3, -0.25) is 28.8 Å². The van der Waals surface area contributed by atoms with Gasteiger partial charge in [-0.05, 0) is 104 Å². The van der Waals surface area contributed by atoms with Gasteiger partial charge in [-0.15, -0.1) is 11.3 Å². The highest BCUT2D eigenvalue weighted by Crippen LogP contribution is 2.65. The fourth-order valence-electron chi connectivity index (χ4n) is 10.4. The summed E-state index contributed by atoms with van der Waals surface area (Å²) in [7, 11) is 3.22. The summed E-state index contributed by atoms with van der Waals surface area (Å²) < 4.78 is 8.45. The molecule has 302 valence electrons. The maximum Gasteiger partial charge on any atom is 0.242 e. The third-order valence-electron chi connectivity index (χ3n) is 13.2. The Morgan fingerprint density at radius 3 is 2.38 bits per heavy atom. The number of carbonyl (C=O) groups is 4. The average molecular weight is 838 g/mol. The van der Waals surface area contributed by atoms with Gasteiger partial charge in [-0.2, -0.15) is 5.10 Å². The van der Waals surface area contributed by atoms with E-state index in [1.165, 1.54) is 23.0 Å². The number of allylic oxidation sites excluding steroid dienone is 2. The van der Waals surface area contributed by atoms with Crippen LogP contribution in [0.15, 0.2) is 109 Å². The predicted octanol–water partition coefficient (Wildman–Crippen LogP) is 9.16. The fourth-order valence-corrected chi connectivity index (χ4v) is 11.7. The van der Waals surface area contributed by atoms with Gasteiger partial charge in [-0.25, -0.2) is 4.90 Å². The highest BCUT2D eigenvalue weighted by Gasteiger charge is 2.68. The normalized spacial score (nSPS) is 24.8. The predicted molar refractivity (Wildman–Crippen MR) is 232 cm³/mol. The fraction of sp³-hybridized carbons (Fsp3) is 0.255. The number of fused-ring (bicyclic) bond motifs is 5. The van der Waals surface area contributed by atoms with Crippen molar-refractivity contribution in [1.82, 2.24) is 9.78 Å². The molecular formula is C47H40ClN5O6S. The molecule has 0 spiro atoms. The Balaban J connectivity index is 1.04. The van der Waals surface area contributed by atoms with Crippen molar-refractivity contribution < 1.29 is 29.0 Å². The standard InChI is InChI=1S/C47H40ClN5O6S/c1-24-33-20-25(48)10-19-38(33)60-42(24)36-23-39(51(3)50-36)53-44(56)35-22-34-30(41(47(35,2)46(53)58)31-16-15-29(54)21-37(31)59-4)17-18-32-40(34)45(57)52(43(32)55)28-13-11-27(12-14-28)49-26-8-6-5-7-9-26/h5-17,19-21,23,32,34-35,40-41,49,54H,18,22H2,1-4H3/t32-,34+,35-,40-,41+,47+/m0/s1. The lowest BCUT2D eigenvalue weighted by molar-refractivity contribution is -0.131. The first-order valence-electron chi connectivity index (χ1n) is 19.9. The van der Waals surface area contributed by atoms with E-state index in [-0.39, 0.29) is 24.0 Å². The number of aromatic hydroxyl groups is 1. The molecule has 2 saturated heterocycles. The largest absolute Gasteiger partial charge is 0.508 e. The number of phenolic OH excluding ortho intramolecular Hbond substituents is 1. The Hall–Kier alpha value is -6.24. The van der Waals surface area contributed by atoms with Crippen LogP contribution in [0.4, 0.5) is 22.9 Å². The topological polar surface area (TPSA) is 134 Å². The molecule has 0 bridgehead atoms. The number of nitrogens with one attached hydrogen (secondary N) is 1. The minimum absolute atomic E-state index is 0.0174. The Kier molecular flexibility index (Phi) is 8.82. The summed E-state index contributed by atoms with van der Waals surface area (Å²) in [6.07, 6.45) is 2.49. The number of anilines is 4. The number of benzene rings is 4. The zero-order valence-electron chi connectivity index (χ0n) is 33.2. The van der Waals surface area contributed by atoms with E-state index in [0.29, 0.717) is 40.0 Å². The Morgan fingerprint density at radius 2 is 1.63 bits per heavy atom. The van der Waals surface area contributed by atoms with E-state index in [9.17, 15) is 14.7 Å². The van der Waals surface area contributed by atoms with Crippen LogP contribution in [0.3, 0.4) is 0 Å². The molecule has 2 aliphatic heterocycles. The zero-order chi connectivity index (χ0) is 41.8. The molecule has 4 aromatic carbocycles. The van der Waals surface area contributed by atoms with Crippen molar-refractivity contribution >= 4 is 79.5 Å². The quantitative estimate of drug-likeness (QED) is 0.120. The molecule has 2 aliphatic carbocycles. The van der Waals surface area contributed by atoms with Gasteiger partial charge in [0.2, 0.25) is 23.6 Å². The van der Waals surface area contributed by atoms with E-state index in [1.54, 1.807) is 53.4 Å². The number of rotatable bonds is 7. The van der Waals surface area contributed by atoms with Crippen molar-refractivity contribution in [2.24, 2.45) is 36.1 Å². The molecule has 4 heterocycles. The lowest BCUT2D eigenvalue weighted by Gasteiger charge is -2.49. The van der Waals surface area contributed by atoms with Gasteiger partial charge in [0, 0.05) is 51.8 Å². The van der Waals surface area contributed by atoms with Crippen LogP contribution in [0.5, 0.6) is 11.5 Å². The monoisotopic (exact) mass is 837 g/mol. The van der Waals surface area contributed by atoms with E-state index in [4.69, 9.17) is 21.4 Å². The first-order valence-corrected chi connectivity index (χ1v) is 21.1. The summed E-state index contributed by atoms with van der Waals surface area (Å²) in [5, 5.41) is 20.3. The average Bonchev–Trinajstić information content (AvgIpc) is 3.91. The number of hydrogen-bond acceptors (Lipinski definition) is 9. The third kappa shape index (κ3) is 5.57. The second-order valence-corrected chi connectivity index (χ2v) is 17.8. The van der Waals surface area contributed by atoms with Gasteiger partial charge in [-0.1, -0.05) is 47.5 Å². The number of ether oxygens (including phenoxy) is 1. The van der Waals surface area contributed by atoms with Crippen molar-refractivity contribution in [1.29, 1.82) is 0 Å². The second kappa shape index (κ2) is 13.9. The molecule has 2 N–H and O–H groups in total. The molecule has 10 rings (SSSR count). The second-order valence-electron chi connectivity index (χ2n) is 16.3.